The molecule has 0 aliphatic heterocycles. The van der Waals surface area contributed by atoms with E-state index in [0.29, 0.717) is 51.4 Å². The van der Waals surface area contributed by atoms with Gasteiger partial charge in [-0.3, -0.25) is 0 Å². The summed E-state index contributed by atoms with van der Waals surface area (Å²) in [6, 6.07) is 0. The van der Waals surface area contributed by atoms with Crippen molar-refractivity contribution in [2.75, 3.05) is 0 Å². The fourth-order valence-corrected chi connectivity index (χ4v) is 11.3. The summed E-state index contributed by atoms with van der Waals surface area (Å²) in [6.07, 6.45) is -0.0755. The van der Waals surface area contributed by atoms with Crippen molar-refractivity contribution >= 4 is 70.6 Å². The molecule has 0 radical (unpaired) electrons. The van der Waals surface area contributed by atoms with Crippen LogP contribution in [0.3, 0.4) is 0 Å². The molecule has 0 saturated carbocycles. The third kappa shape index (κ3) is 6.57. The number of hydrogen-bond acceptors (Lipinski definition) is 4. The van der Waals surface area contributed by atoms with Crippen LogP contribution in [-0.4, -0.2) is 6.15 Å². The fraction of sp³-hybridized carbons (Fsp3) is 0.500. The van der Waals surface area contributed by atoms with E-state index in [0.717, 1.165) is 0 Å². The van der Waals surface area contributed by atoms with Crippen LogP contribution in [-0.2, 0) is 25.7 Å². The lowest BCUT2D eigenvalue weighted by Gasteiger charge is -2.38. The quantitative estimate of drug-likeness (QED) is 0.0803. The van der Waals surface area contributed by atoms with Gasteiger partial charge in [0, 0.05) is 22.3 Å². The van der Waals surface area contributed by atoms with Crippen molar-refractivity contribution in [2.24, 2.45) is 0 Å². The zero-order valence-corrected chi connectivity index (χ0v) is 29.0. The minimum absolute atomic E-state index is 0.0497. The average Bonchev–Trinajstić information content (AvgIpc) is 3.67. The Labute approximate surface area is 275 Å². The molecule has 13 heteroatoms. The van der Waals surface area contributed by atoms with E-state index in [2.05, 4.69) is 0 Å². The maximum absolute atomic E-state index is 16.6. The van der Waals surface area contributed by atoms with E-state index in [-0.39, 0.29) is 93.3 Å². The van der Waals surface area contributed by atoms with Gasteiger partial charge in [-0.2, -0.15) is 17.6 Å². The number of hydrogen-bond donors (Lipinski definition) is 0. The van der Waals surface area contributed by atoms with Gasteiger partial charge in [0.25, 0.3) is 0 Å². The topological polar surface area (TPSA) is 0 Å². The lowest BCUT2D eigenvalue weighted by molar-refractivity contribution is 0.575. The monoisotopic (exact) mass is 711 g/mol. The van der Waals surface area contributed by atoms with Crippen LogP contribution in [0.25, 0.3) is 0 Å². The van der Waals surface area contributed by atoms with Crippen LogP contribution < -0.4 is 19.1 Å². The number of halogens is 8. The first-order valence-corrected chi connectivity index (χ1v) is 18.8. The molecule has 0 nitrogen and oxygen atoms in total. The number of rotatable bonds is 16. The molecule has 0 aliphatic rings. The number of unbranched alkanes of at least 4 members (excludes halogenated alkanes) is 4. The Morgan fingerprint density at radius 1 is 0.378 bits per heavy atom. The zero-order chi connectivity index (χ0) is 33.1. The molecule has 0 fully saturated rings. The van der Waals surface area contributed by atoms with Gasteiger partial charge in [-0.1, -0.05) is 53.4 Å². The van der Waals surface area contributed by atoms with Gasteiger partial charge < -0.3 is 0 Å². The summed E-state index contributed by atoms with van der Waals surface area (Å²) in [5, 5.41) is -3.90. The lowest BCUT2D eigenvalue weighted by Crippen LogP contribution is -2.74. The Balaban J connectivity index is 2.24. The third-order valence-corrected chi connectivity index (χ3v) is 13.1. The van der Waals surface area contributed by atoms with E-state index in [1.54, 1.807) is 0 Å². The summed E-state index contributed by atoms with van der Waals surface area (Å²) in [6.45, 7) is 7.29. The van der Waals surface area contributed by atoms with E-state index >= 15 is 35.1 Å². The molecule has 4 rings (SSSR count). The Morgan fingerprint density at radius 2 is 0.578 bits per heavy atom. The van der Waals surface area contributed by atoms with Crippen molar-refractivity contribution in [1.29, 1.82) is 0 Å². The van der Waals surface area contributed by atoms with Crippen molar-refractivity contribution in [1.82, 2.24) is 0 Å². The van der Waals surface area contributed by atoms with Crippen molar-refractivity contribution < 1.29 is 35.1 Å². The smallest absolute Gasteiger partial charge is 0.179 e. The number of thiophene rings is 4. The second kappa shape index (κ2) is 15.5. The normalized spacial score (nSPS) is 12.2. The predicted octanol–water partition coefficient (Wildman–Crippen LogP) is 9.79. The summed E-state index contributed by atoms with van der Waals surface area (Å²) < 4.78 is 127. The second-order valence-corrected chi connectivity index (χ2v) is 15.4. The molecule has 45 heavy (non-hydrogen) atoms. The van der Waals surface area contributed by atoms with Gasteiger partial charge in [-0.25, -0.2) is 17.6 Å². The molecular weight excluding hydrogens is 675 g/mol. The van der Waals surface area contributed by atoms with Gasteiger partial charge in [0.2, 0.25) is 0 Å². The summed E-state index contributed by atoms with van der Waals surface area (Å²) >= 11 is 0.987. The highest BCUT2D eigenvalue weighted by molar-refractivity contribution is 7.53. The van der Waals surface area contributed by atoms with Crippen LogP contribution in [0.15, 0.2) is 0 Å². The largest absolute Gasteiger partial charge is 0.209 e. The van der Waals surface area contributed by atoms with Crippen LogP contribution in [0.2, 0.25) is 0 Å². The van der Waals surface area contributed by atoms with E-state index < -0.39 is 69.0 Å². The van der Waals surface area contributed by atoms with Crippen LogP contribution in [0.4, 0.5) is 35.1 Å². The Bertz CT molecular complexity index is 1380. The Morgan fingerprint density at radius 3 is 0.756 bits per heavy atom. The Hall–Kier alpha value is -1.70. The van der Waals surface area contributed by atoms with Gasteiger partial charge in [0.1, 0.15) is 23.3 Å². The molecule has 0 amide bonds. The van der Waals surface area contributed by atoms with Gasteiger partial charge in [0.05, 0.1) is 0 Å². The molecule has 0 atom stereocenters. The first-order valence-electron chi connectivity index (χ1n) is 15.5. The molecule has 0 N–H and O–H groups in total. The maximum Gasteiger partial charge on any atom is 0.179 e. The van der Waals surface area contributed by atoms with Gasteiger partial charge >= 0.3 is 0 Å². The molecule has 0 saturated heterocycles. The highest BCUT2D eigenvalue weighted by Gasteiger charge is 2.48. The van der Waals surface area contributed by atoms with Gasteiger partial charge in [-0.05, 0) is 51.4 Å². The zero-order valence-electron chi connectivity index (χ0n) is 25.7. The summed E-state index contributed by atoms with van der Waals surface area (Å²) in [7, 11) is 0. The molecule has 0 spiro atoms. The second-order valence-electron chi connectivity index (χ2n) is 11.4. The molecule has 4 heterocycles. The molecule has 4 aromatic rings. The Kier molecular flexibility index (Phi) is 12.4. The minimum Gasteiger partial charge on any atom is -0.209 e. The first-order chi connectivity index (χ1) is 21.5. The van der Waals surface area contributed by atoms with Crippen LogP contribution in [0.5, 0.6) is 0 Å². The van der Waals surface area contributed by atoms with Crippen LogP contribution >= 0.6 is 45.3 Å². The highest BCUT2D eigenvalue weighted by atomic mass is 32.1. The highest BCUT2D eigenvalue weighted by Crippen LogP contribution is 2.34. The van der Waals surface area contributed by atoms with E-state index in [4.69, 9.17) is 0 Å². The molecule has 0 aliphatic carbocycles. The molecule has 0 unspecified atom stereocenters. The van der Waals surface area contributed by atoms with Crippen molar-refractivity contribution in [3.05, 3.63) is 66.0 Å². The van der Waals surface area contributed by atoms with E-state index in [9.17, 15) is 0 Å². The molecule has 4 aromatic heterocycles. The standard InChI is InChI=1S/C32H36BF8S4/c1-5-9-13-17-21(34)25(42-29(17)38)33(26-22(35)18(14-10-6-2)30(39)43-26,27-23(36)19(15-11-7-3)31(40)44-27)28-24(37)20(16-12-8-4)32(41)45-28/h5-16H2,1-4H3/q-1. The van der Waals surface area contributed by atoms with Crippen molar-refractivity contribution in [2.45, 2.75) is 105 Å². The van der Waals surface area contributed by atoms with E-state index in [1.807, 2.05) is 27.7 Å². The van der Waals surface area contributed by atoms with Crippen LogP contribution in [0.1, 0.15) is 101 Å². The van der Waals surface area contributed by atoms with Crippen molar-refractivity contribution in [3.8, 4) is 0 Å². The van der Waals surface area contributed by atoms with E-state index in [1.165, 1.54) is 0 Å². The van der Waals surface area contributed by atoms with Crippen LogP contribution in [0, 0.1) is 43.8 Å². The third-order valence-electron chi connectivity index (χ3n) is 8.37. The maximum atomic E-state index is 16.6. The first kappa shape index (κ1) is 36.1. The van der Waals surface area contributed by atoms with Gasteiger partial charge in [-0.15, -0.1) is 64.5 Å². The molecule has 0 aromatic carbocycles. The lowest BCUT2D eigenvalue weighted by atomic mass is 9.21. The summed E-state index contributed by atoms with van der Waals surface area (Å²) in [4.78, 5) is 0. The molecular formula is C32H36BF8S4-. The minimum atomic E-state index is -3.78. The summed E-state index contributed by atoms with van der Waals surface area (Å²) in [5.74, 6) is -4.61. The fourth-order valence-electron chi connectivity index (χ4n) is 5.83. The van der Waals surface area contributed by atoms with Crippen molar-refractivity contribution in [3.63, 3.8) is 0 Å². The average molecular weight is 712 g/mol. The predicted molar refractivity (Wildman–Crippen MR) is 176 cm³/mol. The molecule has 248 valence electrons. The molecule has 0 bridgehead atoms. The van der Waals surface area contributed by atoms with Gasteiger partial charge in [0.15, 0.2) is 26.7 Å². The summed E-state index contributed by atoms with van der Waals surface area (Å²) in [5.41, 5.74) is -1.39. The SMILES string of the molecule is CCCCc1c(F)sc([B-](c2sc(F)c(CCCC)c2F)(c2sc(F)c(CCCC)c2F)c2sc(F)c(CCCC)c2F)c1F.